The predicted molar refractivity (Wildman–Crippen MR) is 140 cm³/mol. The Kier molecular flexibility index (Phi) is 5.79. The number of rotatable bonds is 5. The van der Waals surface area contributed by atoms with Crippen molar-refractivity contribution in [2.24, 2.45) is 7.05 Å². The smallest absolute Gasteiger partial charge is 0.253 e. The number of nitrogens with one attached hydrogen (secondary N) is 1. The van der Waals surface area contributed by atoms with Crippen molar-refractivity contribution in [3.8, 4) is 28.1 Å². The Bertz CT molecular complexity index is 1440. The molecule has 0 radical (unpaired) electrons. The maximum Gasteiger partial charge on any atom is 0.253 e. The van der Waals surface area contributed by atoms with Crippen molar-refractivity contribution in [1.82, 2.24) is 25.1 Å². The van der Waals surface area contributed by atoms with Crippen molar-refractivity contribution >= 4 is 5.95 Å². The minimum absolute atomic E-state index is 0.0951. The van der Waals surface area contributed by atoms with Gasteiger partial charge < -0.3 is 15.3 Å². The van der Waals surface area contributed by atoms with Crippen LogP contribution in [0.5, 0.6) is 5.75 Å². The van der Waals surface area contributed by atoms with Gasteiger partial charge in [-0.25, -0.2) is 9.37 Å². The number of nitrogens with zero attached hydrogens (tertiary/aromatic N) is 5. The van der Waals surface area contributed by atoms with E-state index in [0.717, 1.165) is 36.7 Å². The van der Waals surface area contributed by atoms with E-state index in [0.29, 0.717) is 34.8 Å². The Morgan fingerprint density at radius 3 is 2.58 bits per heavy atom. The van der Waals surface area contributed by atoms with Gasteiger partial charge in [0.1, 0.15) is 17.6 Å². The van der Waals surface area contributed by atoms with Gasteiger partial charge in [0.2, 0.25) is 5.95 Å². The summed E-state index contributed by atoms with van der Waals surface area (Å²) in [4.78, 5) is 18.6. The van der Waals surface area contributed by atoms with Crippen LogP contribution in [0.1, 0.15) is 52.4 Å². The van der Waals surface area contributed by atoms with Gasteiger partial charge in [0.15, 0.2) is 5.95 Å². The third-order valence-electron chi connectivity index (χ3n) is 8.51. The van der Waals surface area contributed by atoms with Crippen molar-refractivity contribution < 1.29 is 13.9 Å². The molecule has 4 heterocycles. The number of phenols is 1. The van der Waals surface area contributed by atoms with Gasteiger partial charge in [-0.15, -0.1) is 10.2 Å². The molecule has 3 fully saturated rings. The second kappa shape index (κ2) is 8.83. The van der Waals surface area contributed by atoms with Crippen LogP contribution in [-0.4, -0.2) is 54.2 Å². The van der Waals surface area contributed by atoms with Gasteiger partial charge >= 0.3 is 0 Å². The maximum absolute atomic E-state index is 16.0. The standard InChI is InChI=1S/C28H32F2N6O2/c1-27-9-4-10-28(2,34-27)25(30)21(14-27)36(18-6-7-18)26-31-15-20(32-33-26)19-8-5-16(11-22(19)37)17-12-23(29)35(3)24(38)13-17/h5,8,11-13,15,18,21,25,34,37H,4,6-7,9-10,14H2,1-3H3/t21-,25-,27-,28+/m1/s1. The molecule has 1 saturated carbocycles. The first-order chi connectivity index (χ1) is 18.1. The number of fused-ring (bicyclic) bond motifs is 2. The normalized spacial score (nSPS) is 28.8. The number of hydrogen-bond donors (Lipinski definition) is 2. The second-order valence-electron chi connectivity index (χ2n) is 11.6. The van der Waals surface area contributed by atoms with E-state index in [1.165, 1.54) is 25.2 Å². The van der Waals surface area contributed by atoms with Gasteiger partial charge in [-0.2, -0.15) is 4.39 Å². The van der Waals surface area contributed by atoms with Crippen LogP contribution < -0.4 is 15.8 Å². The highest BCUT2D eigenvalue weighted by atomic mass is 19.1. The number of benzene rings is 1. The Morgan fingerprint density at radius 2 is 1.92 bits per heavy atom. The predicted octanol–water partition coefficient (Wildman–Crippen LogP) is 4.12. The number of phenolic OH excluding ortho intramolecular Hbond substituents is 1. The summed E-state index contributed by atoms with van der Waals surface area (Å²) in [7, 11) is 1.35. The number of pyridine rings is 1. The fourth-order valence-corrected chi connectivity index (χ4v) is 6.39. The van der Waals surface area contributed by atoms with E-state index >= 15 is 4.39 Å². The van der Waals surface area contributed by atoms with Crippen molar-refractivity contribution in [2.45, 2.75) is 81.7 Å². The van der Waals surface area contributed by atoms with E-state index in [4.69, 9.17) is 0 Å². The quantitative estimate of drug-likeness (QED) is 0.487. The highest BCUT2D eigenvalue weighted by Gasteiger charge is 2.56. The lowest BCUT2D eigenvalue weighted by Gasteiger charge is -2.57. The van der Waals surface area contributed by atoms with Gasteiger partial charge in [0.05, 0.1) is 12.2 Å². The molecule has 38 heavy (non-hydrogen) atoms. The highest BCUT2D eigenvalue weighted by Crippen LogP contribution is 2.46. The molecule has 1 aromatic carbocycles. The summed E-state index contributed by atoms with van der Waals surface area (Å²) < 4.78 is 30.9. The molecule has 0 spiro atoms. The first-order valence-corrected chi connectivity index (χ1v) is 13.2. The summed E-state index contributed by atoms with van der Waals surface area (Å²) in [5.41, 5.74) is 0.444. The third kappa shape index (κ3) is 4.24. The lowest BCUT2D eigenvalue weighted by molar-refractivity contribution is 0.0000874. The molecule has 2 aliphatic heterocycles. The number of hydrogen-bond acceptors (Lipinski definition) is 7. The van der Waals surface area contributed by atoms with Gasteiger partial charge in [-0.05, 0) is 81.7 Å². The van der Waals surface area contributed by atoms with Crippen molar-refractivity contribution in [1.29, 1.82) is 0 Å². The topological polar surface area (TPSA) is 96.2 Å². The minimum atomic E-state index is -1.06. The lowest BCUT2D eigenvalue weighted by atomic mass is 9.68. The Labute approximate surface area is 219 Å². The summed E-state index contributed by atoms with van der Waals surface area (Å²) in [5.74, 6) is -0.358. The average Bonchev–Trinajstić information content (AvgIpc) is 3.71. The monoisotopic (exact) mass is 522 g/mol. The van der Waals surface area contributed by atoms with Gasteiger partial charge in [-0.3, -0.25) is 9.36 Å². The Hall–Kier alpha value is -3.40. The molecule has 2 saturated heterocycles. The van der Waals surface area contributed by atoms with Crippen LogP contribution in [0.25, 0.3) is 22.4 Å². The van der Waals surface area contributed by atoms with Gasteiger partial charge in [0, 0.05) is 35.8 Å². The van der Waals surface area contributed by atoms with Crippen LogP contribution in [0.3, 0.4) is 0 Å². The molecule has 3 aromatic rings. The Morgan fingerprint density at radius 1 is 1.13 bits per heavy atom. The Balaban J connectivity index is 1.28. The van der Waals surface area contributed by atoms with E-state index in [1.54, 1.807) is 18.3 Å². The molecule has 0 unspecified atom stereocenters. The van der Waals surface area contributed by atoms with E-state index < -0.39 is 23.2 Å². The van der Waals surface area contributed by atoms with Crippen LogP contribution in [0.4, 0.5) is 14.7 Å². The number of alkyl halides is 1. The van der Waals surface area contributed by atoms with E-state index in [9.17, 15) is 14.3 Å². The summed E-state index contributed by atoms with van der Waals surface area (Å²) in [6.45, 7) is 4.17. The molecule has 8 nitrogen and oxygen atoms in total. The molecule has 4 atom stereocenters. The molecule has 10 heteroatoms. The zero-order valence-electron chi connectivity index (χ0n) is 21.8. The van der Waals surface area contributed by atoms with Crippen LogP contribution in [-0.2, 0) is 7.05 Å². The summed E-state index contributed by atoms with van der Waals surface area (Å²) in [5, 5.41) is 23.0. The largest absolute Gasteiger partial charge is 0.507 e. The van der Waals surface area contributed by atoms with E-state index in [-0.39, 0.29) is 23.4 Å². The summed E-state index contributed by atoms with van der Waals surface area (Å²) in [6.07, 6.45) is 5.94. The van der Waals surface area contributed by atoms with E-state index in [1.807, 2.05) is 11.8 Å². The number of halogens is 2. The molecular formula is C28H32F2N6O2. The van der Waals surface area contributed by atoms with Crippen LogP contribution in [0, 0.1) is 5.95 Å². The van der Waals surface area contributed by atoms with Crippen LogP contribution in [0.15, 0.2) is 41.3 Å². The molecule has 2 N–H and O–H groups in total. The van der Waals surface area contributed by atoms with Gasteiger partial charge in [0.25, 0.3) is 5.56 Å². The zero-order valence-corrected chi connectivity index (χ0v) is 21.8. The fraction of sp³-hybridized carbons (Fsp3) is 0.500. The van der Waals surface area contributed by atoms with Crippen LogP contribution >= 0.6 is 0 Å². The molecule has 1 aliphatic carbocycles. The van der Waals surface area contributed by atoms with Crippen molar-refractivity contribution in [2.75, 3.05) is 4.90 Å². The number of piperidine rings is 2. The third-order valence-corrected chi connectivity index (χ3v) is 8.51. The summed E-state index contributed by atoms with van der Waals surface area (Å²) >= 11 is 0. The molecule has 6 rings (SSSR count). The van der Waals surface area contributed by atoms with Gasteiger partial charge in [-0.1, -0.05) is 6.07 Å². The minimum Gasteiger partial charge on any atom is -0.507 e. The van der Waals surface area contributed by atoms with E-state index in [2.05, 4.69) is 27.4 Å². The van der Waals surface area contributed by atoms with Crippen molar-refractivity contribution in [3.63, 3.8) is 0 Å². The maximum atomic E-state index is 16.0. The average molecular weight is 523 g/mol. The highest BCUT2D eigenvalue weighted by molar-refractivity contribution is 5.73. The molecular weight excluding hydrogens is 490 g/mol. The van der Waals surface area contributed by atoms with Crippen LogP contribution in [0.2, 0.25) is 0 Å². The molecule has 200 valence electrons. The molecule has 0 amide bonds. The molecule has 2 aromatic heterocycles. The zero-order chi connectivity index (χ0) is 26.8. The first kappa shape index (κ1) is 24.9. The SMILES string of the molecule is Cn1c(F)cc(-c2ccc(-c3cnc(N(C4CC4)[C@@H]4C[C@@]5(C)CCC[C@](C)(N5)[C@@H]4F)nn3)c(O)c2)cc1=O. The first-order valence-electron chi connectivity index (χ1n) is 13.2. The number of anilines is 1. The number of aromatic hydroxyl groups is 1. The molecule has 3 aliphatic rings. The van der Waals surface area contributed by atoms with Crippen molar-refractivity contribution in [3.05, 3.63) is 52.8 Å². The molecule has 2 bridgehead atoms. The fourth-order valence-electron chi connectivity index (χ4n) is 6.39. The summed E-state index contributed by atoms with van der Waals surface area (Å²) in [6, 6.07) is 7.19. The number of aromatic nitrogens is 4. The second-order valence-corrected chi connectivity index (χ2v) is 11.6. The lowest BCUT2D eigenvalue weighted by Crippen LogP contribution is -2.73.